The van der Waals surface area contributed by atoms with E-state index in [-0.39, 0.29) is 48.1 Å². The van der Waals surface area contributed by atoms with Crippen molar-refractivity contribution in [2.24, 2.45) is 16.5 Å². The molecule has 0 saturated carbocycles. The van der Waals surface area contributed by atoms with Crippen LogP contribution in [0, 0.1) is 35.6 Å². The molecule has 0 aromatic carbocycles. The van der Waals surface area contributed by atoms with E-state index in [9.17, 15) is 4.79 Å². The predicted octanol–water partition coefficient (Wildman–Crippen LogP) is -1.66. The fraction of sp³-hybridized carbons (Fsp3) is 0.333. The van der Waals surface area contributed by atoms with Gasteiger partial charge in [0.15, 0.2) is 5.96 Å². The monoisotopic (exact) mass is 256 g/mol. The molecule has 0 aromatic heterocycles. The largest absolute Gasteiger partial charge is 0.480 e. The number of carbonyl (C=O) groups is 1. The van der Waals surface area contributed by atoms with Crippen molar-refractivity contribution in [3.05, 3.63) is 0 Å². The van der Waals surface area contributed by atoms with E-state index in [1.54, 1.807) is 0 Å². The smallest absolute Gasteiger partial charge is 0.325 e. The number of carboxylic acid groups (broad SMARTS) is 1. The SMILES string of the molecule is NC(N)=NCC(=O)O.[La]. The molecule has 0 unspecified atom stereocenters. The summed E-state index contributed by atoms with van der Waals surface area (Å²) in [5, 5.41) is 7.94. The molecule has 1 radical (unpaired) electrons. The van der Waals surface area contributed by atoms with Crippen molar-refractivity contribution in [3.8, 4) is 0 Å². The number of nitrogens with zero attached hydrogens (tertiary/aromatic N) is 1. The molecule has 6 heteroatoms. The Bertz CT molecular complexity index is 120. The molecule has 0 aliphatic heterocycles. The summed E-state index contributed by atoms with van der Waals surface area (Å²) in [6.07, 6.45) is 0. The van der Waals surface area contributed by atoms with Gasteiger partial charge in [-0.05, 0) is 0 Å². The minimum absolute atomic E-state index is 0. The third-order valence-corrected chi connectivity index (χ3v) is 0.397. The molecule has 0 saturated heterocycles. The second kappa shape index (κ2) is 6.06. The molecular weight excluding hydrogens is 249 g/mol. The number of carboxylic acids is 1. The van der Waals surface area contributed by atoms with Crippen LogP contribution in [0.15, 0.2) is 4.99 Å². The van der Waals surface area contributed by atoms with Crippen LogP contribution in [-0.4, -0.2) is 23.6 Å². The molecule has 0 aromatic rings. The van der Waals surface area contributed by atoms with Gasteiger partial charge in [0.2, 0.25) is 0 Å². The molecule has 0 bridgehead atoms. The first kappa shape index (κ1) is 11.7. The number of rotatable bonds is 2. The molecular formula is C3H7LaN3O2. The Labute approximate surface area is 80.1 Å². The number of nitrogens with two attached hydrogens (primary N) is 2. The van der Waals surface area contributed by atoms with Gasteiger partial charge >= 0.3 is 5.97 Å². The van der Waals surface area contributed by atoms with Crippen LogP contribution in [0.1, 0.15) is 0 Å². The Morgan fingerprint density at radius 1 is 1.56 bits per heavy atom. The molecule has 0 atom stereocenters. The van der Waals surface area contributed by atoms with E-state index in [1.807, 2.05) is 0 Å². The molecule has 0 amide bonds. The van der Waals surface area contributed by atoms with Crippen LogP contribution in [0.4, 0.5) is 0 Å². The third-order valence-electron chi connectivity index (χ3n) is 0.397. The van der Waals surface area contributed by atoms with Crippen molar-refractivity contribution in [1.82, 2.24) is 0 Å². The molecule has 0 aliphatic rings. The summed E-state index contributed by atoms with van der Waals surface area (Å²) < 4.78 is 0. The van der Waals surface area contributed by atoms with E-state index >= 15 is 0 Å². The Kier molecular flexibility index (Phi) is 7.88. The Balaban J connectivity index is 0. The zero-order chi connectivity index (χ0) is 6.57. The normalized spacial score (nSPS) is 7.11. The van der Waals surface area contributed by atoms with Gasteiger partial charge in [-0.25, -0.2) is 4.99 Å². The van der Waals surface area contributed by atoms with Gasteiger partial charge in [-0.2, -0.15) is 0 Å². The van der Waals surface area contributed by atoms with Crippen LogP contribution in [-0.2, 0) is 4.79 Å². The van der Waals surface area contributed by atoms with Gasteiger partial charge in [-0.15, -0.1) is 0 Å². The number of guanidine groups is 1. The number of hydrogen-bond donors (Lipinski definition) is 3. The summed E-state index contributed by atoms with van der Waals surface area (Å²) in [6, 6.07) is 0. The second-order valence-corrected chi connectivity index (χ2v) is 1.13. The van der Waals surface area contributed by atoms with E-state index in [4.69, 9.17) is 16.6 Å². The molecule has 0 rings (SSSR count). The maximum Gasteiger partial charge on any atom is 0.325 e. The summed E-state index contributed by atoms with van der Waals surface area (Å²) in [5.41, 5.74) is 9.61. The van der Waals surface area contributed by atoms with Crippen molar-refractivity contribution in [2.45, 2.75) is 0 Å². The quantitative estimate of drug-likeness (QED) is 0.406. The molecule has 5 N–H and O–H groups in total. The Hall–Kier alpha value is -0.0652. The average molecular weight is 256 g/mol. The summed E-state index contributed by atoms with van der Waals surface area (Å²) in [7, 11) is 0. The Morgan fingerprint density at radius 2 is 2.00 bits per heavy atom. The van der Waals surface area contributed by atoms with E-state index in [2.05, 4.69) is 4.99 Å². The van der Waals surface area contributed by atoms with Crippen LogP contribution < -0.4 is 11.5 Å². The maximum absolute atomic E-state index is 9.69. The molecule has 0 heterocycles. The third kappa shape index (κ3) is 11.5. The van der Waals surface area contributed by atoms with Gasteiger partial charge in [0.05, 0.1) is 0 Å². The summed E-state index contributed by atoms with van der Waals surface area (Å²) in [6.45, 7) is -0.359. The summed E-state index contributed by atoms with van der Waals surface area (Å²) >= 11 is 0. The molecule has 49 valence electrons. The number of aliphatic carboxylic acids is 1. The first-order chi connectivity index (χ1) is 3.63. The number of hydrogen-bond acceptors (Lipinski definition) is 2. The van der Waals surface area contributed by atoms with Gasteiger partial charge < -0.3 is 16.6 Å². The van der Waals surface area contributed by atoms with Gasteiger partial charge in [0.1, 0.15) is 6.54 Å². The van der Waals surface area contributed by atoms with E-state index < -0.39 is 5.97 Å². The van der Waals surface area contributed by atoms with Gasteiger partial charge in [0, 0.05) is 35.6 Å². The van der Waals surface area contributed by atoms with Crippen molar-refractivity contribution >= 4 is 11.9 Å². The molecule has 0 fully saturated rings. The van der Waals surface area contributed by atoms with Crippen LogP contribution in [0.5, 0.6) is 0 Å². The van der Waals surface area contributed by atoms with Crippen LogP contribution in [0.25, 0.3) is 0 Å². The van der Waals surface area contributed by atoms with Gasteiger partial charge in [0.25, 0.3) is 0 Å². The zero-order valence-electron chi connectivity index (χ0n) is 4.74. The summed E-state index contributed by atoms with van der Waals surface area (Å²) in [4.78, 5) is 12.9. The fourth-order valence-corrected chi connectivity index (χ4v) is 0.159. The van der Waals surface area contributed by atoms with E-state index in [0.717, 1.165) is 0 Å². The van der Waals surface area contributed by atoms with Crippen molar-refractivity contribution in [2.75, 3.05) is 6.54 Å². The standard InChI is InChI=1S/C3H7N3O2.La/c4-3(5)6-1-2(7)8;/h1H2,(H,7,8)(H4,4,5,6);. The van der Waals surface area contributed by atoms with Crippen LogP contribution in [0.2, 0.25) is 0 Å². The van der Waals surface area contributed by atoms with Gasteiger partial charge in [-0.3, -0.25) is 4.79 Å². The molecule has 0 spiro atoms. The summed E-state index contributed by atoms with van der Waals surface area (Å²) in [5.74, 6) is -1.24. The van der Waals surface area contributed by atoms with Gasteiger partial charge in [-0.1, -0.05) is 0 Å². The fourth-order valence-electron chi connectivity index (χ4n) is 0.159. The molecule has 0 aliphatic carbocycles. The van der Waals surface area contributed by atoms with E-state index in [1.165, 1.54) is 0 Å². The van der Waals surface area contributed by atoms with Crippen molar-refractivity contribution in [1.29, 1.82) is 0 Å². The molecule has 9 heavy (non-hydrogen) atoms. The van der Waals surface area contributed by atoms with Crippen molar-refractivity contribution < 1.29 is 45.5 Å². The second-order valence-electron chi connectivity index (χ2n) is 1.13. The van der Waals surface area contributed by atoms with Crippen molar-refractivity contribution in [3.63, 3.8) is 0 Å². The number of aliphatic imine (C=N–C) groups is 1. The minimum Gasteiger partial charge on any atom is -0.480 e. The first-order valence-electron chi connectivity index (χ1n) is 1.90. The zero-order valence-corrected chi connectivity index (χ0v) is 8.37. The topological polar surface area (TPSA) is 102 Å². The average Bonchev–Trinajstić information content (AvgIpc) is 1.61. The Morgan fingerprint density at radius 3 is 2.11 bits per heavy atom. The first-order valence-corrected chi connectivity index (χ1v) is 1.90. The predicted molar refractivity (Wildman–Crippen MR) is 28.3 cm³/mol. The van der Waals surface area contributed by atoms with Crippen LogP contribution in [0.3, 0.4) is 0 Å². The maximum atomic E-state index is 9.69. The van der Waals surface area contributed by atoms with E-state index in [0.29, 0.717) is 0 Å². The molecule has 5 nitrogen and oxygen atoms in total. The van der Waals surface area contributed by atoms with Crippen LogP contribution >= 0.6 is 0 Å². The minimum atomic E-state index is -1.04.